The lowest BCUT2D eigenvalue weighted by Gasteiger charge is -2.12. The van der Waals surface area contributed by atoms with Crippen molar-refractivity contribution in [1.29, 1.82) is 0 Å². The van der Waals surface area contributed by atoms with Gasteiger partial charge in [-0.2, -0.15) is 0 Å². The Morgan fingerprint density at radius 3 is 2.60 bits per heavy atom. The van der Waals surface area contributed by atoms with Crippen LogP contribution in [0.3, 0.4) is 0 Å². The van der Waals surface area contributed by atoms with E-state index < -0.39 is 12.1 Å². The number of hydrogen-bond donors (Lipinski definition) is 0. The van der Waals surface area contributed by atoms with Crippen molar-refractivity contribution in [2.75, 3.05) is 0 Å². The number of halogens is 1. The largest absolute Gasteiger partial charge is 0.479 e. The monoisotopic (exact) mass is 358 g/mol. The molecule has 128 valence electrons. The summed E-state index contributed by atoms with van der Waals surface area (Å²) >= 11 is 6.08. The van der Waals surface area contributed by atoms with Crippen molar-refractivity contribution < 1.29 is 18.7 Å². The summed E-state index contributed by atoms with van der Waals surface area (Å²) in [5.74, 6) is 0.507. The predicted molar refractivity (Wildman–Crippen MR) is 91.1 cm³/mol. The van der Waals surface area contributed by atoms with Gasteiger partial charge in [-0.05, 0) is 31.2 Å². The van der Waals surface area contributed by atoms with Crippen LogP contribution in [0, 0.1) is 0 Å². The molecular weight excluding hydrogens is 344 g/mol. The smallest absolute Gasteiger partial charge is 0.347 e. The second kappa shape index (κ2) is 7.81. The summed E-state index contributed by atoms with van der Waals surface area (Å²) in [5, 5.41) is 8.27. The van der Waals surface area contributed by atoms with Gasteiger partial charge in [0.1, 0.15) is 5.75 Å². The van der Waals surface area contributed by atoms with Crippen LogP contribution in [0.4, 0.5) is 0 Å². The summed E-state index contributed by atoms with van der Waals surface area (Å²) in [7, 11) is 0. The zero-order chi connectivity index (χ0) is 17.6. The average molecular weight is 359 g/mol. The van der Waals surface area contributed by atoms with E-state index in [1.54, 1.807) is 37.3 Å². The molecule has 0 aliphatic heterocycles. The Morgan fingerprint density at radius 2 is 1.84 bits per heavy atom. The topological polar surface area (TPSA) is 74.5 Å². The SMILES string of the molecule is C[C@H](Oc1ccccc1)C(=O)OCc1nnc(-c2ccccc2Cl)o1. The van der Waals surface area contributed by atoms with Crippen LogP contribution in [0.1, 0.15) is 12.8 Å². The Labute approximate surface area is 149 Å². The molecule has 0 radical (unpaired) electrons. The van der Waals surface area contributed by atoms with Crippen LogP contribution in [0.5, 0.6) is 5.75 Å². The normalized spacial score (nSPS) is 11.8. The van der Waals surface area contributed by atoms with Crippen LogP contribution < -0.4 is 4.74 Å². The Hall–Kier alpha value is -2.86. The molecule has 0 amide bonds. The van der Waals surface area contributed by atoms with Crippen LogP contribution in [0.15, 0.2) is 59.0 Å². The Balaban J connectivity index is 1.57. The maximum atomic E-state index is 12.0. The van der Waals surface area contributed by atoms with E-state index in [1.165, 1.54) is 0 Å². The first-order chi connectivity index (χ1) is 12.1. The quantitative estimate of drug-likeness (QED) is 0.622. The number of para-hydroxylation sites is 1. The summed E-state index contributed by atoms with van der Waals surface area (Å²) in [6, 6.07) is 16.1. The molecule has 0 fully saturated rings. The van der Waals surface area contributed by atoms with Gasteiger partial charge in [-0.25, -0.2) is 4.79 Å². The molecule has 1 aromatic heterocycles. The molecule has 25 heavy (non-hydrogen) atoms. The molecule has 0 bridgehead atoms. The van der Waals surface area contributed by atoms with Crippen LogP contribution >= 0.6 is 11.6 Å². The third-order valence-electron chi connectivity index (χ3n) is 3.30. The van der Waals surface area contributed by atoms with Gasteiger partial charge in [0.2, 0.25) is 5.89 Å². The van der Waals surface area contributed by atoms with E-state index in [0.29, 0.717) is 16.3 Å². The Morgan fingerprint density at radius 1 is 1.12 bits per heavy atom. The highest BCUT2D eigenvalue weighted by atomic mass is 35.5. The first-order valence-corrected chi connectivity index (χ1v) is 7.97. The number of nitrogens with zero attached hydrogens (tertiary/aromatic N) is 2. The number of carbonyl (C=O) groups excluding carboxylic acids is 1. The predicted octanol–water partition coefficient (Wildman–Crippen LogP) is 3.90. The number of aromatic nitrogens is 2. The molecule has 0 saturated heterocycles. The summed E-state index contributed by atoms with van der Waals surface area (Å²) in [6.07, 6.45) is -0.756. The maximum Gasteiger partial charge on any atom is 0.347 e. The highest BCUT2D eigenvalue weighted by molar-refractivity contribution is 6.33. The molecular formula is C18H15ClN2O4. The molecule has 1 atom stereocenters. The minimum atomic E-state index is -0.756. The molecule has 2 aromatic carbocycles. The molecule has 3 rings (SSSR count). The van der Waals surface area contributed by atoms with Crippen LogP contribution in [0.25, 0.3) is 11.5 Å². The van der Waals surface area contributed by atoms with E-state index in [-0.39, 0.29) is 18.4 Å². The lowest BCUT2D eigenvalue weighted by Crippen LogP contribution is -2.26. The van der Waals surface area contributed by atoms with Crippen molar-refractivity contribution in [1.82, 2.24) is 10.2 Å². The number of esters is 1. The molecule has 0 spiro atoms. The van der Waals surface area contributed by atoms with Crippen LogP contribution in [-0.2, 0) is 16.1 Å². The standard InChI is InChI=1S/C18H15ClN2O4/c1-12(24-13-7-3-2-4-8-13)18(22)23-11-16-20-21-17(25-16)14-9-5-6-10-15(14)19/h2-10,12H,11H2,1H3/t12-/m0/s1. The van der Waals surface area contributed by atoms with Gasteiger partial charge in [-0.3, -0.25) is 0 Å². The number of carbonyl (C=O) groups is 1. The van der Waals surface area contributed by atoms with Crippen molar-refractivity contribution in [3.63, 3.8) is 0 Å². The fourth-order valence-electron chi connectivity index (χ4n) is 2.06. The van der Waals surface area contributed by atoms with E-state index >= 15 is 0 Å². The molecule has 0 N–H and O–H groups in total. The average Bonchev–Trinajstić information content (AvgIpc) is 3.09. The minimum Gasteiger partial charge on any atom is -0.479 e. The van der Waals surface area contributed by atoms with E-state index in [0.717, 1.165) is 0 Å². The van der Waals surface area contributed by atoms with Crippen molar-refractivity contribution in [3.05, 3.63) is 65.5 Å². The Bertz CT molecular complexity index is 851. The van der Waals surface area contributed by atoms with E-state index in [4.69, 9.17) is 25.5 Å². The highest BCUT2D eigenvalue weighted by Crippen LogP contribution is 2.26. The van der Waals surface area contributed by atoms with Crippen molar-refractivity contribution in [2.45, 2.75) is 19.6 Å². The van der Waals surface area contributed by atoms with Gasteiger partial charge in [-0.15, -0.1) is 10.2 Å². The summed E-state index contributed by atoms with van der Waals surface area (Å²) in [5.41, 5.74) is 0.620. The van der Waals surface area contributed by atoms with Gasteiger partial charge in [0.05, 0.1) is 10.6 Å². The van der Waals surface area contributed by atoms with Crippen LogP contribution in [0.2, 0.25) is 5.02 Å². The number of ether oxygens (including phenoxy) is 2. The molecule has 1 heterocycles. The zero-order valence-electron chi connectivity index (χ0n) is 13.4. The third-order valence-corrected chi connectivity index (χ3v) is 3.63. The van der Waals surface area contributed by atoms with Gasteiger partial charge < -0.3 is 13.9 Å². The number of rotatable bonds is 6. The molecule has 0 aliphatic rings. The molecule has 0 saturated carbocycles. The first kappa shape index (κ1) is 17.0. The number of hydrogen-bond acceptors (Lipinski definition) is 6. The van der Waals surface area contributed by atoms with Crippen LogP contribution in [-0.4, -0.2) is 22.3 Å². The van der Waals surface area contributed by atoms with Crippen molar-refractivity contribution in [2.24, 2.45) is 0 Å². The summed E-state index contributed by atoms with van der Waals surface area (Å²) in [4.78, 5) is 12.0. The zero-order valence-corrected chi connectivity index (χ0v) is 14.1. The second-order valence-electron chi connectivity index (χ2n) is 5.16. The molecule has 0 unspecified atom stereocenters. The molecule has 6 nitrogen and oxygen atoms in total. The molecule has 3 aromatic rings. The third kappa shape index (κ3) is 4.36. The summed E-state index contributed by atoms with van der Waals surface area (Å²) in [6.45, 7) is 1.47. The summed E-state index contributed by atoms with van der Waals surface area (Å²) < 4.78 is 16.1. The Kier molecular flexibility index (Phi) is 5.30. The van der Waals surface area contributed by atoms with E-state index in [1.807, 2.05) is 24.3 Å². The molecule has 0 aliphatic carbocycles. The second-order valence-corrected chi connectivity index (χ2v) is 5.57. The lowest BCUT2D eigenvalue weighted by atomic mass is 10.2. The van der Waals surface area contributed by atoms with Gasteiger partial charge in [0, 0.05) is 0 Å². The van der Waals surface area contributed by atoms with Gasteiger partial charge in [0.25, 0.3) is 5.89 Å². The maximum absolute atomic E-state index is 12.0. The van der Waals surface area contributed by atoms with Gasteiger partial charge in [0.15, 0.2) is 12.7 Å². The van der Waals surface area contributed by atoms with Gasteiger partial charge >= 0.3 is 5.97 Å². The minimum absolute atomic E-state index is 0.140. The lowest BCUT2D eigenvalue weighted by molar-refractivity contribution is -0.153. The fraction of sp³-hybridized carbons (Fsp3) is 0.167. The molecule has 7 heteroatoms. The van der Waals surface area contributed by atoms with E-state index in [9.17, 15) is 4.79 Å². The van der Waals surface area contributed by atoms with Crippen molar-refractivity contribution in [3.8, 4) is 17.2 Å². The highest BCUT2D eigenvalue weighted by Gasteiger charge is 2.18. The fourth-order valence-corrected chi connectivity index (χ4v) is 2.27. The first-order valence-electron chi connectivity index (χ1n) is 7.59. The van der Waals surface area contributed by atoms with E-state index in [2.05, 4.69) is 10.2 Å². The van der Waals surface area contributed by atoms with Crippen molar-refractivity contribution >= 4 is 17.6 Å². The van der Waals surface area contributed by atoms with Gasteiger partial charge in [-0.1, -0.05) is 41.9 Å². The number of benzene rings is 2.